The molecular formula is C29H40N6O3. The smallest absolute Gasteiger partial charge is 0.318 e. The number of phenolic OH excluding ortho intramolecular Hbond substituents is 1. The quantitative estimate of drug-likeness (QED) is 0.311. The van der Waals surface area contributed by atoms with Crippen molar-refractivity contribution in [2.75, 3.05) is 58.7 Å². The average molecular weight is 521 g/mol. The lowest BCUT2D eigenvalue weighted by atomic mass is 10.1. The summed E-state index contributed by atoms with van der Waals surface area (Å²) in [6.45, 7) is 13.6. The van der Waals surface area contributed by atoms with Gasteiger partial charge in [0.15, 0.2) is 0 Å². The molecular weight excluding hydrogens is 480 g/mol. The molecule has 0 aromatic heterocycles. The largest absolute Gasteiger partial charge is 0.508 e. The van der Waals surface area contributed by atoms with Crippen LogP contribution in [0.2, 0.25) is 0 Å². The zero-order valence-electron chi connectivity index (χ0n) is 23.1. The van der Waals surface area contributed by atoms with Crippen molar-refractivity contribution in [1.82, 2.24) is 14.7 Å². The SMILES string of the molecule is C=C(CNc1cc(O)cc2ccccc12)N=C(N=C(C)N1CCN(C(=O)/C=C/C)CC1)O[C@H](C)CN(C)C. The Morgan fingerprint density at radius 3 is 2.55 bits per heavy atom. The molecule has 204 valence electrons. The zero-order chi connectivity index (χ0) is 27.7. The van der Waals surface area contributed by atoms with E-state index < -0.39 is 0 Å². The van der Waals surface area contributed by atoms with Crippen LogP contribution in [0.15, 0.2) is 70.8 Å². The lowest BCUT2D eigenvalue weighted by Crippen LogP contribution is -2.49. The molecule has 0 radical (unpaired) electrons. The van der Waals surface area contributed by atoms with Crippen LogP contribution >= 0.6 is 0 Å². The highest BCUT2D eigenvalue weighted by molar-refractivity contribution is 5.95. The lowest BCUT2D eigenvalue weighted by molar-refractivity contribution is -0.127. The van der Waals surface area contributed by atoms with Crippen molar-refractivity contribution in [3.05, 3.63) is 60.8 Å². The van der Waals surface area contributed by atoms with Crippen LogP contribution in [0.5, 0.6) is 5.75 Å². The number of rotatable bonds is 8. The molecule has 2 N–H and O–H groups in total. The molecule has 0 spiro atoms. The van der Waals surface area contributed by atoms with Crippen LogP contribution in [0.4, 0.5) is 5.69 Å². The monoisotopic (exact) mass is 520 g/mol. The van der Waals surface area contributed by atoms with Gasteiger partial charge in [0.1, 0.15) is 17.7 Å². The number of amidine groups is 2. The van der Waals surface area contributed by atoms with Gasteiger partial charge in [0, 0.05) is 49.9 Å². The van der Waals surface area contributed by atoms with Crippen molar-refractivity contribution in [1.29, 1.82) is 0 Å². The number of phenols is 1. The first-order chi connectivity index (χ1) is 18.2. The van der Waals surface area contributed by atoms with E-state index in [-0.39, 0.29) is 23.8 Å². The summed E-state index contributed by atoms with van der Waals surface area (Å²) in [7, 11) is 3.98. The number of piperazine rings is 1. The summed E-state index contributed by atoms with van der Waals surface area (Å²) in [4.78, 5) is 27.5. The molecule has 0 saturated carbocycles. The van der Waals surface area contributed by atoms with E-state index in [2.05, 4.69) is 21.8 Å². The molecule has 0 unspecified atom stereocenters. The number of hydrogen-bond donors (Lipinski definition) is 2. The van der Waals surface area contributed by atoms with Crippen LogP contribution < -0.4 is 5.32 Å². The topological polar surface area (TPSA) is 93.0 Å². The van der Waals surface area contributed by atoms with Crippen molar-refractivity contribution >= 4 is 34.2 Å². The van der Waals surface area contributed by atoms with Crippen molar-refractivity contribution < 1.29 is 14.6 Å². The molecule has 0 aliphatic carbocycles. The van der Waals surface area contributed by atoms with Gasteiger partial charge < -0.3 is 29.9 Å². The number of ether oxygens (including phenoxy) is 1. The Labute approximate surface area is 225 Å². The minimum atomic E-state index is -0.133. The number of amides is 1. The molecule has 1 aliphatic heterocycles. The Morgan fingerprint density at radius 1 is 1.18 bits per heavy atom. The normalized spacial score (nSPS) is 15.8. The van der Waals surface area contributed by atoms with Gasteiger partial charge in [-0.3, -0.25) is 4.79 Å². The minimum absolute atomic E-state index is 0.0353. The number of anilines is 1. The number of hydrogen-bond acceptors (Lipinski definition) is 6. The Kier molecular flexibility index (Phi) is 10.3. The number of carbonyl (C=O) groups is 1. The van der Waals surface area contributed by atoms with Gasteiger partial charge in [-0.1, -0.05) is 36.9 Å². The van der Waals surface area contributed by atoms with E-state index in [1.54, 1.807) is 24.3 Å². The van der Waals surface area contributed by atoms with Gasteiger partial charge in [-0.25, -0.2) is 0 Å². The molecule has 2 aromatic carbocycles. The third-order valence-corrected chi connectivity index (χ3v) is 6.13. The number of benzene rings is 2. The second-order valence-electron chi connectivity index (χ2n) is 9.69. The molecule has 2 aromatic rings. The Morgan fingerprint density at radius 2 is 1.87 bits per heavy atom. The number of nitrogens with one attached hydrogen (secondary N) is 1. The van der Waals surface area contributed by atoms with Gasteiger partial charge in [0.2, 0.25) is 5.91 Å². The summed E-state index contributed by atoms with van der Waals surface area (Å²) in [5.41, 5.74) is 1.34. The van der Waals surface area contributed by atoms with Crippen LogP contribution in [0, 0.1) is 0 Å². The summed E-state index contributed by atoms with van der Waals surface area (Å²) >= 11 is 0. The van der Waals surface area contributed by atoms with Gasteiger partial charge in [0.25, 0.3) is 0 Å². The fourth-order valence-electron chi connectivity index (χ4n) is 4.33. The third-order valence-electron chi connectivity index (χ3n) is 6.13. The van der Waals surface area contributed by atoms with Crippen molar-refractivity contribution in [3.63, 3.8) is 0 Å². The Bertz CT molecular complexity index is 1210. The van der Waals surface area contributed by atoms with E-state index in [9.17, 15) is 9.90 Å². The van der Waals surface area contributed by atoms with E-state index >= 15 is 0 Å². The van der Waals surface area contributed by atoms with Gasteiger partial charge in [0.05, 0.1) is 12.2 Å². The maximum Gasteiger partial charge on any atom is 0.318 e. The van der Waals surface area contributed by atoms with E-state index in [0.29, 0.717) is 45.0 Å². The summed E-state index contributed by atoms with van der Waals surface area (Å²) in [6, 6.07) is 11.5. The van der Waals surface area contributed by atoms with Crippen LogP contribution in [-0.4, -0.2) is 97.0 Å². The molecule has 0 bridgehead atoms. The van der Waals surface area contributed by atoms with E-state index in [4.69, 9.17) is 9.73 Å². The first-order valence-corrected chi connectivity index (χ1v) is 12.9. The second-order valence-corrected chi connectivity index (χ2v) is 9.69. The van der Waals surface area contributed by atoms with Gasteiger partial charge in [-0.2, -0.15) is 9.98 Å². The average Bonchev–Trinajstić information content (AvgIpc) is 2.86. The third kappa shape index (κ3) is 8.34. The maximum absolute atomic E-state index is 12.2. The highest BCUT2D eigenvalue weighted by Gasteiger charge is 2.21. The van der Waals surface area contributed by atoms with E-state index in [0.717, 1.165) is 22.3 Å². The number of nitrogens with zero attached hydrogens (tertiary/aromatic N) is 5. The number of allylic oxidation sites excluding steroid dienone is 1. The van der Waals surface area contributed by atoms with Crippen LogP contribution in [-0.2, 0) is 9.53 Å². The molecule has 1 aliphatic rings. The molecule has 38 heavy (non-hydrogen) atoms. The number of aromatic hydroxyl groups is 1. The van der Waals surface area contributed by atoms with Crippen molar-refractivity contribution in [2.45, 2.75) is 26.9 Å². The highest BCUT2D eigenvalue weighted by atomic mass is 16.5. The first kappa shape index (κ1) is 28.7. The van der Waals surface area contributed by atoms with Gasteiger partial charge in [-0.05, 0) is 52.4 Å². The molecule has 9 nitrogen and oxygen atoms in total. The molecule has 1 heterocycles. The molecule has 9 heteroatoms. The minimum Gasteiger partial charge on any atom is -0.508 e. The predicted molar refractivity (Wildman–Crippen MR) is 156 cm³/mol. The molecule has 1 fully saturated rings. The summed E-state index contributed by atoms with van der Waals surface area (Å²) in [5, 5.41) is 15.4. The van der Waals surface area contributed by atoms with Crippen LogP contribution in [0.25, 0.3) is 10.8 Å². The summed E-state index contributed by atoms with van der Waals surface area (Å²) < 4.78 is 6.12. The number of aliphatic imine (C=N–C) groups is 2. The fourth-order valence-corrected chi connectivity index (χ4v) is 4.33. The van der Waals surface area contributed by atoms with Gasteiger partial charge >= 0.3 is 6.02 Å². The Balaban J connectivity index is 1.73. The molecule has 3 rings (SSSR count). The predicted octanol–water partition coefficient (Wildman–Crippen LogP) is 3.93. The Hall–Kier alpha value is -3.85. The maximum atomic E-state index is 12.2. The molecule has 1 amide bonds. The van der Waals surface area contributed by atoms with E-state index in [1.165, 1.54) is 0 Å². The summed E-state index contributed by atoms with van der Waals surface area (Å²) in [6.07, 6.45) is 3.23. The van der Waals surface area contributed by atoms with Crippen LogP contribution in [0.1, 0.15) is 20.8 Å². The fraction of sp³-hybridized carbons (Fsp3) is 0.414. The highest BCUT2D eigenvalue weighted by Crippen LogP contribution is 2.28. The zero-order valence-corrected chi connectivity index (χ0v) is 23.1. The van der Waals surface area contributed by atoms with E-state index in [1.807, 2.05) is 68.9 Å². The number of carbonyl (C=O) groups excluding carboxylic acids is 1. The first-order valence-electron chi connectivity index (χ1n) is 12.9. The molecule has 1 atom stereocenters. The lowest BCUT2D eigenvalue weighted by Gasteiger charge is -2.35. The standard InChI is InChI=1S/C29H40N6O3/c1-7-10-28(37)35-15-13-34(14-16-35)23(4)32-29(38-22(3)20-33(5)6)31-21(2)19-30-27-18-25(36)17-24-11-8-9-12-26(24)27/h7-12,17-18,22,30,36H,2,13-16,19-20H2,1,3-6H3/b10-7+,31-29?,32-23?/t22-/m1/s1. The summed E-state index contributed by atoms with van der Waals surface area (Å²) in [5.74, 6) is 1.00. The molecule has 1 saturated heterocycles. The van der Waals surface area contributed by atoms with Crippen molar-refractivity contribution in [3.8, 4) is 5.75 Å². The number of fused-ring (bicyclic) bond motifs is 1. The van der Waals surface area contributed by atoms with Crippen molar-refractivity contribution in [2.24, 2.45) is 9.98 Å². The van der Waals surface area contributed by atoms with Crippen LogP contribution in [0.3, 0.4) is 0 Å². The second kappa shape index (κ2) is 13.6. The van der Waals surface area contributed by atoms with Gasteiger partial charge in [-0.15, -0.1) is 0 Å². The number of likely N-dealkylation sites (N-methyl/N-ethyl adjacent to an activating group) is 1.